The summed E-state index contributed by atoms with van der Waals surface area (Å²) < 4.78 is 13.3. The number of guanidine groups is 1. The minimum absolute atomic E-state index is 0. The third-order valence-electron chi connectivity index (χ3n) is 5.00. The van der Waals surface area contributed by atoms with Crippen molar-refractivity contribution in [1.29, 1.82) is 0 Å². The van der Waals surface area contributed by atoms with Crippen LogP contribution in [0.25, 0.3) is 10.9 Å². The van der Waals surface area contributed by atoms with E-state index in [0.717, 1.165) is 35.7 Å². The second-order valence-electron chi connectivity index (χ2n) is 6.98. The van der Waals surface area contributed by atoms with Crippen molar-refractivity contribution in [2.75, 3.05) is 20.1 Å². The first-order chi connectivity index (χ1) is 13.2. The van der Waals surface area contributed by atoms with E-state index in [1.54, 1.807) is 13.1 Å². The summed E-state index contributed by atoms with van der Waals surface area (Å²) in [4.78, 5) is 19.2. The van der Waals surface area contributed by atoms with Gasteiger partial charge < -0.3 is 20.9 Å². The largest absolute Gasteiger partial charge is 0.361 e. The molecule has 1 amide bonds. The Morgan fingerprint density at radius 3 is 2.75 bits per heavy atom. The number of benzene rings is 1. The van der Waals surface area contributed by atoms with Gasteiger partial charge in [-0.1, -0.05) is 12.8 Å². The van der Waals surface area contributed by atoms with Crippen LogP contribution in [0.1, 0.15) is 37.7 Å². The zero-order valence-electron chi connectivity index (χ0n) is 16.2. The molecular weight excluding hydrogens is 472 g/mol. The quantitative estimate of drug-likeness (QED) is 0.268. The SMILES string of the molecule is CN=C(NCCC(=O)NC1CCCC1)NCCc1c[nH]c2cc(F)ccc12.I. The fourth-order valence-corrected chi connectivity index (χ4v) is 3.57. The molecule has 4 N–H and O–H groups in total. The van der Waals surface area contributed by atoms with Crippen LogP contribution in [-0.2, 0) is 11.2 Å². The van der Waals surface area contributed by atoms with E-state index >= 15 is 0 Å². The summed E-state index contributed by atoms with van der Waals surface area (Å²) in [6.45, 7) is 1.24. The fraction of sp³-hybridized carbons (Fsp3) is 0.500. The minimum atomic E-state index is -0.240. The molecule has 0 atom stereocenters. The van der Waals surface area contributed by atoms with Crippen LogP contribution in [0.4, 0.5) is 4.39 Å². The zero-order valence-corrected chi connectivity index (χ0v) is 18.5. The number of nitrogens with one attached hydrogen (secondary N) is 4. The number of carbonyl (C=O) groups excluding carboxylic acids is 1. The van der Waals surface area contributed by atoms with E-state index in [1.165, 1.54) is 25.0 Å². The second kappa shape index (κ2) is 11.2. The maximum atomic E-state index is 13.3. The van der Waals surface area contributed by atoms with Gasteiger partial charge in [0.25, 0.3) is 0 Å². The molecule has 1 heterocycles. The van der Waals surface area contributed by atoms with Crippen molar-refractivity contribution in [3.63, 3.8) is 0 Å². The van der Waals surface area contributed by atoms with Gasteiger partial charge in [-0.05, 0) is 43.0 Å². The van der Waals surface area contributed by atoms with Gasteiger partial charge in [0.15, 0.2) is 5.96 Å². The zero-order chi connectivity index (χ0) is 19.1. The number of hydrogen-bond acceptors (Lipinski definition) is 2. The van der Waals surface area contributed by atoms with Crippen LogP contribution in [0.3, 0.4) is 0 Å². The number of rotatable bonds is 7. The van der Waals surface area contributed by atoms with Crippen molar-refractivity contribution in [3.05, 3.63) is 35.8 Å². The Labute approximate surface area is 182 Å². The van der Waals surface area contributed by atoms with Crippen molar-refractivity contribution in [2.24, 2.45) is 4.99 Å². The molecule has 2 aromatic rings. The first kappa shape index (κ1) is 22.4. The lowest BCUT2D eigenvalue weighted by Gasteiger charge is -2.14. The number of halogens is 2. The molecule has 1 fully saturated rings. The molecule has 1 aliphatic rings. The smallest absolute Gasteiger partial charge is 0.221 e. The van der Waals surface area contributed by atoms with Crippen molar-refractivity contribution < 1.29 is 9.18 Å². The monoisotopic (exact) mass is 501 g/mol. The molecule has 154 valence electrons. The summed E-state index contributed by atoms with van der Waals surface area (Å²) in [6.07, 6.45) is 7.76. The Kier molecular flexibility index (Phi) is 9.01. The number of fused-ring (bicyclic) bond motifs is 1. The van der Waals surface area contributed by atoms with E-state index in [2.05, 4.69) is 25.9 Å². The third-order valence-corrected chi connectivity index (χ3v) is 5.00. The molecule has 8 heteroatoms. The lowest BCUT2D eigenvalue weighted by atomic mass is 10.1. The van der Waals surface area contributed by atoms with Crippen molar-refractivity contribution >= 4 is 46.7 Å². The Balaban J connectivity index is 0.00000280. The van der Waals surface area contributed by atoms with E-state index in [4.69, 9.17) is 0 Å². The summed E-state index contributed by atoms with van der Waals surface area (Å²) >= 11 is 0. The average molecular weight is 501 g/mol. The Hall–Kier alpha value is -1.84. The molecule has 1 aromatic carbocycles. The summed E-state index contributed by atoms with van der Waals surface area (Å²) in [5.41, 5.74) is 1.93. The number of carbonyl (C=O) groups is 1. The predicted octanol–water partition coefficient (Wildman–Crippen LogP) is 3.08. The van der Waals surface area contributed by atoms with Gasteiger partial charge in [0, 0.05) is 49.7 Å². The van der Waals surface area contributed by atoms with Gasteiger partial charge >= 0.3 is 0 Å². The minimum Gasteiger partial charge on any atom is -0.361 e. The second-order valence-corrected chi connectivity index (χ2v) is 6.98. The van der Waals surface area contributed by atoms with Crippen LogP contribution in [0.5, 0.6) is 0 Å². The molecule has 3 rings (SSSR count). The Bertz CT molecular complexity index is 801. The highest BCUT2D eigenvalue weighted by Crippen LogP contribution is 2.19. The van der Waals surface area contributed by atoms with Gasteiger partial charge in [0.2, 0.25) is 5.91 Å². The fourth-order valence-electron chi connectivity index (χ4n) is 3.57. The van der Waals surface area contributed by atoms with E-state index in [9.17, 15) is 9.18 Å². The van der Waals surface area contributed by atoms with Gasteiger partial charge in [-0.2, -0.15) is 0 Å². The van der Waals surface area contributed by atoms with E-state index < -0.39 is 0 Å². The molecule has 1 aliphatic carbocycles. The molecule has 6 nitrogen and oxygen atoms in total. The molecule has 0 aliphatic heterocycles. The highest BCUT2D eigenvalue weighted by atomic mass is 127. The maximum Gasteiger partial charge on any atom is 0.221 e. The lowest BCUT2D eigenvalue weighted by Crippen LogP contribution is -2.41. The first-order valence-corrected chi connectivity index (χ1v) is 9.65. The third kappa shape index (κ3) is 6.35. The standard InChI is InChI=1S/C20H28FN5O.HI/c1-22-20(24-11-9-19(27)26-16-4-2-3-5-16)23-10-8-14-13-25-18-12-15(21)6-7-17(14)18;/h6-7,12-13,16,25H,2-5,8-11H2,1H3,(H,26,27)(H2,22,23,24);1H. The molecule has 0 saturated heterocycles. The van der Waals surface area contributed by atoms with Crippen LogP contribution in [0.15, 0.2) is 29.4 Å². The molecule has 1 aromatic heterocycles. The van der Waals surface area contributed by atoms with Crippen LogP contribution in [0.2, 0.25) is 0 Å². The average Bonchev–Trinajstić information content (AvgIpc) is 3.30. The van der Waals surface area contributed by atoms with Crippen molar-refractivity contribution in [3.8, 4) is 0 Å². The molecule has 0 bridgehead atoms. The molecule has 28 heavy (non-hydrogen) atoms. The molecule has 0 radical (unpaired) electrons. The highest BCUT2D eigenvalue weighted by Gasteiger charge is 2.16. The van der Waals surface area contributed by atoms with Gasteiger partial charge in [0.1, 0.15) is 5.82 Å². The lowest BCUT2D eigenvalue weighted by molar-refractivity contribution is -0.121. The van der Waals surface area contributed by atoms with E-state index in [0.29, 0.717) is 31.5 Å². The number of hydrogen-bond donors (Lipinski definition) is 4. The molecule has 0 spiro atoms. The van der Waals surface area contributed by atoms with Crippen LogP contribution in [0, 0.1) is 5.82 Å². The number of H-pyrrole nitrogens is 1. The summed E-state index contributed by atoms with van der Waals surface area (Å²) in [6, 6.07) is 5.14. The van der Waals surface area contributed by atoms with Crippen LogP contribution >= 0.6 is 24.0 Å². The molecular formula is C20H29FIN5O. The van der Waals surface area contributed by atoms with E-state index in [1.807, 2.05) is 6.20 Å². The number of aromatic amines is 1. The van der Waals surface area contributed by atoms with Crippen molar-refractivity contribution in [1.82, 2.24) is 20.9 Å². The van der Waals surface area contributed by atoms with Crippen LogP contribution < -0.4 is 16.0 Å². The Morgan fingerprint density at radius 1 is 1.25 bits per heavy atom. The number of aromatic nitrogens is 1. The van der Waals surface area contributed by atoms with Gasteiger partial charge in [-0.3, -0.25) is 9.79 Å². The van der Waals surface area contributed by atoms with E-state index in [-0.39, 0.29) is 35.7 Å². The summed E-state index contributed by atoms with van der Waals surface area (Å²) in [7, 11) is 1.71. The van der Waals surface area contributed by atoms with Gasteiger partial charge in [0.05, 0.1) is 0 Å². The molecule has 0 unspecified atom stereocenters. The number of amides is 1. The highest BCUT2D eigenvalue weighted by molar-refractivity contribution is 14.0. The first-order valence-electron chi connectivity index (χ1n) is 9.65. The number of nitrogens with zero attached hydrogens (tertiary/aromatic N) is 1. The van der Waals surface area contributed by atoms with Crippen LogP contribution in [-0.4, -0.2) is 43.0 Å². The van der Waals surface area contributed by atoms with Gasteiger partial charge in [-0.25, -0.2) is 4.39 Å². The summed E-state index contributed by atoms with van der Waals surface area (Å²) in [5.74, 6) is 0.529. The molecule has 1 saturated carbocycles. The van der Waals surface area contributed by atoms with Gasteiger partial charge in [-0.15, -0.1) is 24.0 Å². The summed E-state index contributed by atoms with van der Waals surface area (Å²) in [5, 5.41) is 10.5. The normalized spacial score (nSPS) is 14.7. The maximum absolute atomic E-state index is 13.3. The number of aliphatic imine (C=N–C) groups is 1. The predicted molar refractivity (Wildman–Crippen MR) is 122 cm³/mol. The Morgan fingerprint density at radius 2 is 2.00 bits per heavy atom. The topological polar surface area (TPSA) is 81.3 Å². The van der Waals surface area contributed by atoms with Crippen molar-refractivity contribution in [2.45, 2.75) is 44.6 Å².